The monoisotopic (exact) mass is 229 g/mol. The summed E-state index contributed by atoms with van der Waals surface area (Å²) >= 11 is 0. The first kappa shape index (κ1) is 11.6. The fourth-order valence-electron chi connectivity index (χ4n) is 1.50. The molecule has 0 bridgehead atoms. The molecule has 0 saturated heterocycles. The minimum absolute atomic E-state index is 0.435. The minimum Gasteiger partial charge on any atom is -0.487 e. The van der Waals surface area contributed by atoms with E-state index >= 15 is 0 Å². The molecule has 0 aliphatic rings. The largest absolute Gasteiger partial charge is 0.487 e. The average Bonchev–Trinajstić information content (AvgIpc) is 2.38. The number of aromatic nitrogens is 1. The molecule has 1 heterocycles. The second-order valence-electron chi connectivity index (χ2n) is 3.86. The maximum Gasteiger partial charge on any atom is 0.130 e. The van der Waals surface area contributed by atoms with Crippen molar-refractivity contribution >= 4 is 0 Å². The predicted octanol–water partition coefficient (Wildman–Crippen LogP) is 2.71. The first-order valence-electron chi connectivity index (χ1n) is 5.56. The number of pyridine rings is 1. The topological polar surface area (TPSA) is 42.4 Å². The number of aliphatic hydroxyl groups is 1. The molecule has 1 atom stereocenters. The number of hydrogen-bond donors (Lipinski definition) is 1. The van der Waals surface area contributed by atoms with Crippen molar-refractivity contribution in [1.82, 2.24) is 4.98 Å². The van der Waals surface area contributed by atoms with Crippen LogP contribution in [-0.2, 0) is 6.61 Å². The highest BCUT2D eigenvalue weighted by molar-refractivity contribution is 5.29. The van der Waals surface area contributed by atoms with Gasteiger partial charge in [0.1, 0.15) is 12.4 Å². The Labute approximate surface area is 101 Å². The van der Waals surface area contributed by atoms with E-state index in [0.29, 0.717) is 6.61 Å². The molecule has 1 N–H and O–H groups in total. The quantitative estimate of drug-likeness (QED) is 0.876. The molecule has 0 spiro atoms. The lowest BCUT2D eigenvalue weighted by atomic mass is 10.1. The standard InChI is InChI=1S/C14H15NO2/c1-11(16)12-5-4-7-14(9-12)17-10-13-6-2-3-8-15-13/h2-9,11,16H,10H2,1H3/t11-/m1/s1. The van der Waals surface area contributed by atoms with Crippen LogP contribution in [0.1, 0.15) is 24.3 Å². The van der Waals surface area contributed by atoms with E-state index in [2.05, 4.69) is 4.98 Å². The number of rotatable bonds is 4. The van der Waals surface area contributed by atoms with E-state index in [9.17, 15) is 5.11 Å². The molecule has 88 valence electrons. The van der Waals surface area contributed by atoms with Crippen molar-refractivity contribution in [3.05, 3.63) is 59.9 Å². The molecule has 0 unspecified atom stereocenters. The Bertz CT molecular complexity index is 469. The summed E-state index contributed by atoms with van der Waals surface area (Å²) < 4.78 is 5.61. The molecule has 2 rings (SSSR count). The Morgan fingerprint density at radius 2 is 2.12 bits per heavy atom. The van der Waals surface area contributed by atoms with E-state index in [1.54, 1.807) is 13.1 Å². The first-order valence-corrected chi connectivity index (χ1v) is 5.56. The lowest BCUT2D eigenvalue weighted by Gasteiger charge is -2.09. The van der Waals surface area contributed by atoms with Crippen molar-refractivity contribution in [2.45, 2.75) is 19.6 Å². The zero-order valence-corrected chi connectivity index (χ0v) is 9.71. The summed E-state index contributed by atoms with van der Waals surface area (Å²) in [5, 5.41) is 9.47. The van der Waals surface area contributed by atoms with Crippen LogP contribution in [0.25, 0.3) is 0 Å². The molecule has 17 heavy (non-hydrogen) atoms. The minimum atomic E-state index is -0.478. The van der Waals surface area contributed by atoms with Crippen molar-refractivity contribution in [3.8, 4) is 5.75 Å². The van der Waals surface area contributed by atoms with Gasteiger partial charge in [0.15, 0.2) is 0 Å². The summed E-state index contributed by atoms with van der Waals surface area (Å²) in [6.45, 7) is 2.17. The highest BCUT2D eigenvalue weighted by atomic mass is 16.5. The zero-order chi connectivity index (χ0) is 12.1. The zero-order valence-electron chi connectivity index (χ0n) is 9.71. The molecular weight excluding hydrogens is 214 g/mol. The number of nitrogens with zero attached hydrogens (tertiary/aromatic N) is 1. The van der Waals surface area contributed by atoms with Crippen LogP contribution in [0.3, 0.4) is 0 Å². The van der Waals surface area contributed by atoms with Gasteiger partial charge in [-0.3, -0.25) is 4.98 Å². The Hall–Kier alpha value is -1.87. The second-order valence-corrected chi connectivity index (χ2v) is 3.86. The normalized spacial score (nSPS) is 12.1. The van der Waals surface area contributed by atoms with Gasteiger partial charge in [0.05, 0.1) is 11.8 Å². The maximum absolute atomic E-state index is 9.47. The summed E-state index contributed by atoms with van der Waals surface area (Å²) in [4.78, 5) is 4.18. The Morgan fingerprint density at radius 3 is 2.82 bits per heavy atom. The fourth-order valence-corrected chi connectivity index (χ4v) is 1.50. The van der Waals surface area contributed by atoms with Crippen LogP contribution in [-0.4, -0.2) is 10.1 Å². The number of ether oxygens (including phenoxy) is 1. The SMILES string of the molecule is C[C@@H](O)c1cccc(OCc2ccccn2)c1. The van der Waals surface area contributed by atoms with E-state index in [-0.39, 0.29) is 0 Å². The second kappa shape index (κ2) is 5.46. The smallest absolute Gasteiger partial charge is 0.130 e. The lowest BCUT2D eigenvalue weighted by molar-refractivity contribution is 0.198. The molecular formula is C14H15NO2. The van der Waals surface area contributed by atoms with E-state index in [4.69, 9.17) is 4.74 Å². The lowest BCUT2D eigenvalue weighted by Crippen LogP contribution is -1.98. The molecule has 0 radical (unpaired) electrons. The van der Waals surface area contributed by atoms with Crippen LogP contribution < -0.4 is 4.74 Å². The molecule has 1 aromatic carbocycles. The van der Waals surface area contributed by atoms with E-state index in [1.165, 1.54) is 0 Å². The number of aliphatic hydroxyl groups excluding tert-OH is 1. The Kier molecular flexibility index (Phi) is 3.73. The molecule has 0 amide bonds. The molecule has 0 aliphatic carbocycles. The van der Waals surface area contributed by atoms with Crippen LogP contribution in [0.15, 0.2) is 48.7 Å². The van der Waals surface area contributed by atoms with Crippen LogP contribution in [0, 0.1) is 0 Å². The Balaban J connectivity index is 2.02. The van der Waals surface area contributed by atoms with Crippen molar-refractivity contribution in [2.75, 3.05) is 0 Å². The van der Waals surface area contributed by atoms with Gasteiger partial charge in [-0.25, -0.2) is 0 Å². The fraction of sp³-hybridized carbons (Fsp3) is 0.214. The molecule has 0 fully saturated rings. The van der Waals surface area contributed by atoms with E-state index in [1.807, 2.05) is 42.5 Å². The van der Waals surface area contributed by atoms with E-state index < -0.39 is 6.10 Å². The third-order valence-electron chi connectivity index (χ3n) is 2.45. The number of benzene rings is 1. The molecule has 0 aliphatic heterocycles. The van der Waals surface area contributed by atoms with Gasteiger partial charge in [0, 0.05) is 6.20 Å². The van der Waals surface area contributed by atoms with Crippen molar-refractivity contribution in [1.29, 1.82) is 0 Å². The maximum atomic E-state index is 9.47. The highest BCUT2D eigenvalue weighted by Crippen LogP contribution is 2.19. The van der Waals surface area contributed by atoms with Crippen LogP contribution in [0.5, 0.6) is 5.75 Å². The number of hydrogen-bond acceptors (Lipinski definition) is 3. The molecule has 2 aromatic rings. The van der Waals surface area contributed by atoms with Crippen molar-refractivity contribution in [3.63, 3.8) is 0 Å². The third kappa shape index (κ3) is 3.29. The summed E-state index contributed by atoms with van der Waals surface area (Å²) in [7, 11) is 0. The van der Waals surface area contributed by atoms with Gasteiger partial charge < -0.3 is 9.84 Å². The van der Waals surface area contributed by atoms with Gasteiger partial charge in [0.25, 0.3) is 0 Å². The first-order chi connectivity index (χ1) is 8.25. The molecule has 1 aromatic heterocycles. The van der Waals surface area contributed by atoms with Gasteiger partial charge in [-0.1, -0.05) is 18.2 Å². The van der Waals surface area contributed by atoms with Gasteiger partial charge >= 0.3 is 0 Å². The summed E-state index contributed by atoms with van der Waals surface area (Å²) in [6, 6.07) is 13.2. The van der Waals surface area contributed by atoms with E-state index in [0.717, 1.165) is 17.0 Å². The molecule has 3 nitrogen and oxygen atoms in total. The van der Waals surface area contributed by atoms with Crippen molar-refractivity contribution in [2.24, 2.45) is 0 Å². The van der Waals surface area contributed by atoms with Gasteiger partial charge in [0.2, 0.25) is 0 Å². The van der Waals surface area contributed by atoms with Crippen LogP contribution >= 0.6 is 0 Å². The van der Waals surface area contributed by atoms with Crippen molar-refractivity contribution < 1.29 is 9.84 Å². The predicted molar refractivity (Wildman–Crippen MR) is 65.6 cm³/mol. The highest BCUT2D eigenvalue weighted by Gasteiger charge is 2.02. The van der Waals surface area contributed by atoms with Gasteiger partial charge in [-0.05, 0) is 36.8 Å². The average molecular weight is 229 g/mol. The molecule has 0 saturated carbocycles. The van der Waals surface area contributed by atoms with Gasteiger partial charge in [-0.2, -0.15) is 0 Å². The summed E-state index contributed by atoms with van der Waals surface area (Å²) in [6.07, 6.45) is 1.26. The van der Waals surface area contributed by atoms with Crippen LogP contribution in [0.2, 0.25) is 0 Å². The summed E-state index contributed by atoms with van der Waals surface area (Å²) in [5.74, 6) is 0.744. The third-order valence-corrected chi connectivity index (χ3v) is 2.45. The Morgan fingerprint density at radius 1 is 1.24 bits per heavy atom. The van der Waals surface area contributed by atoms with Gasteiger partial charge in [-0.15, -0.1) is 0 Å². The van der Waals surface area contributed by atoms with Crippen LogP contribution in [0.4, 0.5) is 0 Å². The summed E-state index contributed by atoms with van der Waals surface area (Å²) in [5.41, 5.74) is 1.73. The molecule has 3 heteroatoms.